The fourth-order valence-electron chi connectivity index (χ4n) is 1.78. The molecular formula is C16H16N4S2. The molecule has 0 aromatic heterocycles. The lowest BCUT2D eigenvalue weighted by atomic mass is 10.1. The minimum absolute atomic E-state index is 0.0894. The SMILES string of the molecule is Cc1ccc(NC(=S)/C(=N/NC(N)=S)c2ccccc2)cc1. The van der Waals surface area contributed by atoms with E-state index in [0.717, 1.165) is 11.3 Å². The van der Waals surface area contributed by atoms with Crippen molar-refractivity contribution in [3.63, 3.8) is 0 Å². The molecule has 2 aromatic rings. The van der Waals surface area contributed by atoms with Crippen LogP contribution in [-0.2, 0) is 0 Å². The molecule has 0 aliphatic heterocycles. The standard InChI is InChI=1S/C16H16N4S2/c1-11-7-9-13(10-8-11)18-15(21)14(19-20-16(17)22)12-5-3-2-4-6-12/h2-10H,1H3,(H,18,21)(H3,17,20,22)/b19-14+. The number of aryl methyl sites for hydroxylation is 1. The van der Waals surface area contributed by atoms with Crippen LogP contribution in [0.5, 0.6) is 0 Å². The highest BCUT2D eigenvalue weighted by Gasteiger charge is 2.10. The van der Waals surface area contributed by atoms with E-state index in [9.17, 15) is 0 Å². The van der Waals surface area contributed by atoms with Crippen molar-refractivity contribution >= 4 is 45.9 Å². The lowest BCUT2D eigenvalue weighted by Gasteiger charge is -2.11. The van der Waals surface area contributed by atoms with Gasteiger partial charge >= 0.3 is 0 Å². The first-order valence-corrected chi connectivity index (χ1v) is 7.44. The molecule has 0 atom stereocenters. The summed E-state index contributed by atoms with van der Waals surface area (Å²) < 4.78 is 0. The molecule has 0 aliphatic rings. The quantitative estimate of drug-likeness (QED) is 0.457. The van der Waals surface area contributed by atoms with Crippen LogP contribution in [0.4, 0.5) is 5.69 Å². The van der Waals surface area contributed by atoms with Crippen LogP contribution in [0.1, 0.15) is 11.1 Å². The topological polar surface area (TPSA) is 62.4 Å². The molecule has 112 valence electrons. The molecule has 0 spiro atoms. The molecule has 0 bridgehead atoms. The fraction of sp³-hybridized carbons (Fsp3) is 0.0625. The fourth-order valence-corrected chi connectivity index (χ4v) is 2.11. The van der Waals surface area contributed by atoms with Crippen molar-refractivity contribution in [3.05, 3.63) is 65.7 Å². The van der Waals surface area contributed by atoms with Crippen LogP contribution < -0.4 is 16.5 Å². The van der Waals surface area contributed by atoms with E-state index in [4.69, 9.17) is 30.2 Å². The van der Waals surface area contributed by atoms with Gasteiger partial charge in [-0.2, -0.15) is 5.10 Å². The highest BCUT2D eigenvalue weighted by Crippen LogP contribution is 2.11. The summed E-state index contributed by atoms with van der Waals surface area (Å²) in [4.78, 5) is 0.485. The third-order valence-electron chi connectivity index (χ3n) is 2.85. The Labute approximate surface area is 140 Å². The van der Waals surface area contributed by atoms with E-state index in [2.05, 4.69) is 15.8 Å². The Balaban J connectivity index is 2.24. The Morgan fingerprint density at radius 2 is 1.64 bits per heavy atom. The van der Waals surface area contributed by atoms with Gasteiger partial charge < -0.3 is 11.1 Å². The van der Waals surface area contributed by atoms with Crippen molar-refractivity contribution in [1.29, 1.82) is 0 Å². The van der Waals surface area contributed by atoms with Gasteiger partial charge in [-0.1, -0.05) is 60.2 Å². The van der Waals surface area contributed by atoms with Crippen molar-refractivity contribution in [3.8, 4) is 0 Å². The first-order chi connectivity index (χ1) is 10.6. The molecule has 0 amide bonds. The zero-order valence-corrected chi connectivity index (χ0v) is 13.7. The average Bonchev–Trinajstić information content (AvgIpc) is 2.50. The van der Waals surface area contributed by atoms with Crippen LogP contribution in [0.3, 0.4) is 0 Å². The Bertz CT molecular complexity index is 694. The number of rotatable bonds is 4. The zero-order chi connectivity index (χ0) is 15.9. The average molecular weight is 328 g/mol. The number of nitrogens with zero attached hydrogens (tertiary/aromatic N) is 1. The predicted octanol–water partition coefficient (Wildman–Crippen LogP) is 2.97. The summed E-state index contributed by atoms with van der Waals surface area (Å²) >= 11 is 10.2. The second kappa shape index (κ2) is 7.63. The van der Waals surface area contributed by atoms with Gasteiger partial charge in [0.2, 0.25) is 0 Å². The van der Waals surface area contributed by atoms with Crippen LogP contribution in [-0.4, -0.2) is 15.8 Å². The molecule has 0 radical (unpaired) electrons. The van der Waals surface area contributed by atoms with Crippen LogP contribution in [0.2, 0.25) is 0 Å². The Hall–Kier alpha value is -2.31. The molecule has 2 aromatic carbocycles. The number of thiocarbonyl (C=S) groups is 2. The van der Waals surface area contributed by atoms with E-state index in [-0.39, 0.29) is 5.11 Å². The van der Waals surface area contributed by atoms with E-state index in [1.807, 2.05) is 61.5 Å². The molecule has 0 saturated heterocycles. The van der Waals surface area contributed by atoms with Crippen molar-refractivity contribution in [2.24, 2.45) is 10.8 Å². The van der Waals surface area contributed by atoms with E-state index >= 15 is 0 Å². The number of hydrazone groups is 1. The van der Waals surface area contributed by atoms with Crippen molar-refractivity contribution in [2.45, 2.75) is 6.92 Å². The van der Waals surface area contributed by atoms with Gasteiger partial charge in [0.05, 0.1) is 0 Å². The molecule has 6 heteroatoms. The van der Waals surface area contributed by atoms with E-state index in [1.165, 1.54) is 5.56 Å². The third kappa shape index (κ3) is 4.61. The van der Waals surface area contributed by atoms with Crippen LogP contribution in [0, 0.1) is 6.92 Å². The van der Waals surface area contributed by atoms with Gasteiger partial charge in [0.1, 0.15) is 10.7 Å². The van der Waals surface area contributed by atoms with Gasteiger partial charge in [-0.05, 0) is 31.3 Å². The first-order valence-electron chi connectivity index (χ1n) is 6.63. The van der Waals surface area contributed by atoms with E-state index in [1.54, 1.807) is 0 Å². The summed E-state index contributed by atoms with van der Waals surface area (Å²) in [5.74, 6) is 0. The van der Waals surface area contributed by atoms with Crippen molar-refractivity contribution < 1.29 is 0 Å². The molecule has 0 fully saturated rings. The van der Waals surface area contributed by atoms with Crippen LogP contribution in [0.25, 0.3) is 0 Å². The molecule has 2 rings (SSSR count). The molecule has 4 N–H and O–H groups in total. The van der Waals surface area contributed by atoms with Crippen molar-refractivity contribution in [1.82, 2.24) is 5.43 Å². The maximum atomic E-state index is 5.46. The van der Waals surface area contributed by atoms with Gasteiger partial charge in [-0.15, -0.1) is 0 Å². The normalized spacial score (nSPS) is 10.9. The molecule has 22 heavy (non-hydrogen) atoms. The molecule has 0 heterocycles. The smallest absolute Gasteiger partial charge is 0.184 e. The number of nitrogens with two attached hydrogens (primary N) is 1. The Morgan fingerprint density at radius 3 is 2.23 bits per heavy atom. The molecular weight excluding hydrogens is 312 g/mol. The monoisotopic (exact) mass is 328 g/mol. The minimum atomic E-state index is 0.0894. The Morgan fingerprint density at radius 1 is 1.00 bits per heavy atom. The number of nitrogens with one attached hydrogen (secondary N) is 2. The summed E-state index contributed by atoms with van der Waals surface area (Å²) in [5.41, 5.74) is 11.6. The van der Waals surface area contributed by atoms with Gasteiger partial charge in [-0.25, -0.2) is 0 Å². The van der Waals surface area contributed by atoms with Gasteiger partial charge in [-0.3, -0.25) is 5.43 Å². The second-order valence-corrected chi connectivity index (χ2v) is 5.47. The first kappa shape index (κ1) is 16.1. The lowest BCUT2D eigenvalue weighted by molar-refractivity contribution is 1.04. The molecule has 0 unspecified atom stereocenters. The summed E-state index contributed by atoms with van der Waals surface area (Å²) in [6.07, 6.45) is 0. The zero-order valence-electron chi connectivity index (χ0n) is 12.0. The maximum absolute atomic E-state index is 5.46. The maximum Gasteiger partial charge on any atom is 0.184 e. The van der Waals surface area contributed by atoms with Gasteiger partial charge in [0, 0.05) is 11.3 Å². The second-order valence-electron chi connectivity index (χ2n) is 4.62. The summed E-state index contributed by atoms with van der Waals surface area (Å²) in [5, 5.41) is 7.46. The largest absolute Gasteiger partial charge is 0.375 e. The number of anilines is 1. The summed E-state index contributed by atoms with van der Waals surface area (Å²) in [6, 6.07) is 17.6. The third-order valence-corrected chi connectivity index (χ3v) is 3.24. The minimum Gasteiger partial charge on any atom is -0.375 e. The lowest BCUT2D eigenvalue weighted by Crippen LogP contribution is -2.29. The van der Waals surface area contributed by atoms with Crippen molar-refractivity contribution in [2.75, 3.05) is 5.32 Å². The molecule has 4 nitrogen and oxygen atoms in total. The van der Waals surface area contributed by atoms with Gasteiger partial charge in [0.15, 0.2) is 5.11 Å². The van der Waals surface area contributed by atoms with E-state index < -0.39 is 0 Å². The van der Waals surface area contributed by atoms with Crippen LogP contribution >= 0.6 is 24.4 Å². The molecule has 0 saturated carbocycles. The van der Waals surface area contributed by atoms with Gasteiger partial charge in [0.25, 0.3) is 0 Å². The van der Waals surface area contributed by atoms with Crippen LogP contribution in [0.15, 0.2) is 59.7 Å². The molecule has 0 aliphatic carbocycles. The highest BCUT2D eigenvalue weighted by atomic mass is 32.1. The number of hydrogen-bond acceptors (Lipinski definition) is 3. The summed E-state index contributed by atoms with van der Waals surface area (Å²) in [7, 11) is 0. The predicted molar refractivity (Wildman–Crippen MR) is 100 cm³/mol. The van der Waals surface area contributed by atoms with E-state index in [0.29, 0.717) is 10.7 Å². The number of hydrogen-bond donors (Lipinski definition) is 3. The summed E-state index contributed by atoms with van der Waals surface area (Å²) in [6.45, 7) is 2.03. The number of benzene rings is 2. The highest BCUT2D eigenvalue weighted by molar-refractivity contribution is 7.82. The Kier molecular flexibility index (Phi) is 5.57.